The van der Waals surface area contributed by atoms with Gasteiger partial charge in [0.05, 0.1) is 25.8 Å². The molecule has 0 aliphatic rings. The molecule has 100 valence electrons. The number of carbonyl (C=O) groups excluding carboxylic acids is 1. The van der Waals surface area contributed by atoms with Gasteiger partial charge in [-0.05, 0) is 18.6 Å². The maximum absolute atomic E-state index is 11.0. The zero-order chi connectivity index (χ0) is 13.4. The monoisotopic (exact) mass is 270 g/mol. The van der Waals surface area contributed by atoms with Gasteiger partial charge < -0.3 is 15.2 Å². The van der Waals surface area contributed by atoms with Crippen LogP contribution in [-0.2, 0) is 9.53 Å². The average Bonchev–Trinajstić information content (AvgIpc) is 2.38. The topological polar surface area (TPSA) is 74.4 Å². The predicted molar refractivity (Wildman–Crippen MR) is 71.8 cm³/mol. The molecule has 18 heavy (non-hydrogen) atoms. The van der Waals surface area contributed by atoms with Crippen LogP contribution in [0.3, 0.4) is 0 Å². The molecule has 0 radical (unpaired) electrons. The normalized spacial score (nSPS) is 10.1. The van der Waals surface area contributed by atoms with E-state index < -0.39 is 0 Å². The van der Waals surface area contributed by atoms with E-state index in [9.17, 15) is 4.79 Å². The van der Waals surface area contributed by atoms with Gasteiger partial charge in [0.2, 0.25) is 5.88 Å². The van der Waals surface area contributed by atoms with Gasteiger partial charge >= 0.3 is 5.97 Å². The molecule has 0 unspecified atom stereocenters. The van der Waals surface area contributed by atoms with E-state index in [1.54, 1.807) is 6.07 Å². The summed E-state index contributed by atoms with van der Waals surface area (Å²) in [7, 11) is 1.38. The predicted octanol–water partition coefficient (Wildman–Crippen LogP) is 2.11. The van der Waals surface area contributed by atoms with Gasteiger partial charge in [-0.25, -0.2) is 4.98 Å². The van der Waals surface area contributed by atoms with Crippen molar-refractivity contribution in [2.45, 2.75) is 24.8 Å². The molecule has 0 aliphatic carbocycles. The summed E-state index contributed by atoms with van der Waals surface area (Å²) in [5, 5.41) is 0.791. The smallest absolute Gasteiger partial charge is 0.306 e. The number of nitrogens with zero attached hydrogens (tertiary/aromatic N) is 1. The SMILES string of the molecule is CCCOc1nc(SCCC(=O)OC)ccc1N. The zero-order valence-corrected chi connectivity index (χ0v) is 11.5. The number of rotatable bonds is 7. The fraction of sp³-hybridized carbons (Fsp3) is 0.500. The standard InChI is InChI=1S/C12H18N2O3S/c1-3-7-17-12-9(13)4-5-10(14-12)18-8-6-11(15)16-2/h4-5H,3,6-8,13H2,1-2H3. The Balaban J connectivity index is 2.53. The first kappa shape index (κ1) is 14.6. The molecule has 0 bridgehead atoms. The minimum Gasteiger partial charge on any atom is -0.476 e. The molecule has 0 saturated carbocycles. The Labute approximate surface area is 111 Å². The van der Waals surface area contributed by atoms with E-state index in [4.69, 9.17) is 10.5 Å². The highest BCUT2D eigenvalue weighted by atomic mass is 32.2. The molecule has 2 N–H and O–H groups in total. The van der Waals surface area contributed by atoms with Crippen LogP contribution in [0.25, 0.3) is 0 Å². The molecular weight excluding hydrogens is 252 g/mol. The van der Waals surface area contributed by atoms with Crippen molar-refractivity contribution >= 4 is 23.4 Å². The number of aromatic nitrogens is 1. The van der Waals surface area contributed by atoms with Crippen LogP contribution in [0.4, 0.5) is 5.69 Å². The Morgan fingerprint density at radius 3 is 2.94 bits per heavy atom. The summed E-state index contributed by atoms with van der Waals surface area (Å²) >= 11 is 1.47. The first-order valence-electron chi connectivity index (χ1n) is 5.76. The molecule has 0 saturated heterocycles. The molecule has 0 spiro atoms. The number of esters is 1. The Morgan fingerprint density at radius 1 is 1.50 bits per heavy atom. The van der Waals surface area contributed by atoms with E-state index in [0.717, 1.165) is 11.4 Å². The second-order valence-electron chi connectivity index (χ2n) is 3.57. The maximum atomic E-state index is 11.0. The molecule has 5 nitrogen and oxygen atoms in total. The van der Waals surface area contributed by atoms with E-state index in [0.29, 0.717) is 30.3 Å². The van der Waals surface area contributed by atoms with Gasteiger partial charge in [-0.3, -0.25) is 4.79 Å². The number of ether oxygens (including phenoxy) is 2. The van der Waals surface area contributed by atoms with E-state index in [2.05, 4.69) is 9.72 Å². The lowest BCUT2D eigenvalue weighted by atomic mass is 10.4. The van der Waals surface area contributed by atoms with Gasteiger partial charge in [-0.1, -0.05) is 6.92 Å². The van der Waals surface area contributed by atoms with Crippen molar-refractivity contribution in [1.82, 2.24) is 4.98 Å². The molecule has 0 atom stereocenters. The minimum absolute atomic E-state index is 0.222. The number of anilines is 1. The highest BCUT2D eigenvalue weighted by molar-refractivity contribution is 7.99. The molecular formula is C12H18N2O3S. The fourth-order valence-corrected chi connectivity index (χ4v) is 1.96. The molecule has 6 heteroatoms. The third-order valence-corrected chi connectivity index (χ3v) is 3.02. The number of methoxy groups -OCH3 is 1. The summed E-state index contributed by atoms with van der Waals surface area (Å²) in [5.41, 5.74) is 6.29. The first-order valence-corrected chi connectivity index (χ1v) is 6.74. The van der Waals surface area contributed by atoms with Gasteiger partial charge in [0.15, 0.2) is 0 Å². The summed E-state index contributed by atoms with van der Waals surface area (Å²) < 4.78 is 10.0. The van der Waals surface area contributed by atoms with Crippen molar-refractivity contribution in [1.29, 1.82) is 0 Å². The quantitative estimate of drug-likeness (QED) is 0.604. The largest absolute Gasteiger partial charge is 0.476 e. The number of hydrogen-bond acceptors (Lipinski definition) is 6. The van der Waals surface area contributed by atoms with E-state index in [1.807, 2.05) is 13.0 Å². The fourth-order valence-electron chi connectivity index (χ4n) is 1.17. The first-order chi connectivity index (χ1) is 8.67. The van der Waals surface area contributed by atoms with Gasteiger partial charge in [-0.2, -0.15) is 0 Å². The number of pyridine rings is 1. The van der Waals surface area contributed by atoms with Gasteiger partial charge in [0.1, 0.15) is 5.03 Å². The van der Waals surface area contributed by atoms with Gasteiger partial charge in [0.25, 0.3) is 0 Å². The Morgan fingerprint density at radius 2 is 2.28 bits per heavy atom. The van der Waals surface area contributed by atoms with E-state index >= 15 is 0 Å². The Hall–Kier alpha value is -1.43. The van der Waals surface area contributed by atoms with Gasteiger partial charge in [0, 0.05) is 5.75 Å². The highest BCUT2D eigenvalue weighted by Gasteiger charge is 2.06. The molecule has 1 rings (SSSR count). The lowest BCUT2D eigenvalue weighted by Gasteiger charge is -2.08. The van der Waals surface area contributed by atoms with E-state index in [1.165, 1.54) is 18.9 Å². The van der Waals surface area contributed by atoms with Crippen molar-refractivity contribution < 1.29 is 14.3 Å². The lowest BCUT2D eigenvalue weighted by Crippen LogP contribution is -2.03. The van der Waals surface area contributed by atoms with Crippen LogP contribution < -0.4 is 10.5 Å². The van der Waals surface area contributed by atoms with Crippen LogP contribution in [0.2, 0.25) is 0 Å². The van der Waals surface area contributed by atoms with Crippen LogP contribution in [0.15, 0.2) is 17.2 Å². The third-order valence-electron chi connectivity index (χ3n) is 2.09. The zero-order valence-electron chi connectivity index (χ0n) is 10.6. The summed E-state index contributed by atoms with van der Waals surface area (Å²) in [6, 6.07) is 3.58. The molecule has 1 aromatic rings. The van der Waals surface area contributed by atoms with Crippen LogP contribution in [0.5, 0.6) is 5.88 Å². The average molecular weight is 270 g/mol. The maximum Gasteiger partial charge on any atom is 0.306 e. The van der Waals surface area contributed by atoms with Crippen LogP contribution in [-0.4, -0.2) is 30.4 Å². The summed E-state index contributed by atoms with van der Waals surface area (Å²) in [5.74, 6) is 0.858. The van der Waals surface area contributed by atoms with Crippen molar-refractivity contribution in [3.8, 4) is 5.88 Å². The number of nitrogen functional groups attached to an aromatic ring is 1. The van der Waals surface area contributed by atoms with Crippen LogP contribution in [0, 0.1) is 0 Å². The van der Waals surface area contributed by atoms with E-state index in [-0.39, 0.29) is 5.97 Å². The lowest BCUT2D eigenvalue weighted by molar-refractivity contribution is -0.140. The summed E-state index contributed by atoms with van der Waals surface area (Å²) in [6.45, 7) is 2.61. The van der Waals surface area contributed by atoms with Crippen LogP contribution >= 0.6 is 11.8 Å². The molecule has 1 heterocycles. The van der Waals surface area contributed by atoms with Crippen molar-refractivity contribution in [3.63, 3.8) is 0 Å². The number of nitrogens with two attached hydrogens (primary N) is 1. The molecule has 0 aromatic carbocycles. The Kier molecular flexibility index (Phi) is 6.35. The molecule has 0 amide bonds. The molecule has 0 fully saturated rings. The number of carbonyl (C=O) groups is 1. The second-order valence-corrected chi connectivity index (χ2v) is 4.68. The molecule has 0 aliphatic heterocycles. The third kappa shape index (κ3) is 4.83. The van der Waals surface area contributed by atoms with Crippen molar-refractivity contribution in [2.24, 2.45) is 0 Å². The number of hydrogen-bond donors (Lipinski definition) is 1. The summed E-state index contributed by atoms with van der Waals surface area (Å²) in [4.78, 5) is 15.3. The second kappa shape index (κ2) is 7.81. The summed E-state index contributed by atoms with van der Waals surface area (Å²) in [6.07, 6.45) is 1.26. The highest BCUT2D eigenvalue weighted by Crippen LogP contribution is 2.24. The van der Waals surface area contributed by atoms with Gasteiger partial charge in [-0.15, -0.1) is 11.8 Å². The Bertz CT molecular complexity index is 399. The van der Waals surface area contributed by atoms with Crippen LogP contribution in [0.1, 0.15) is 19.8 Å². The van der Waals surface area contributed by atoms with Crippen molar-refractivity contribution in [3.05, 3.63) is 12.1 Å². The molecule has 1 aromatic heterocycles. The van der Waals surface area contributed by atoms with Crippen molar-refractivity contribution in [2.75, 3.05) is 25.2 Å². The number of thioether (sulfide) groups is 1. The minimum atomic E-state index is -0.222.